The third-order valence-corrected chi connectivity index (χ3v) is 4.75. The molecule has 3 unspecified atom stereocenters. The van der Waals surface area contributed by atoms with E-state index in [9.17, 15) is 13.2 Å². The lowest BCUT2D eigenvalue weighted by Gasteiger charge is -2.25. The minimum atomic E-state index is -3.25. The maximum atomic E-state index is 12.5. The quantitative estimate of drug-likeness (QED) is 0.823. The number of amides is 1. The van der Waals surface area contributed by atoms with Gasteiger partial charge in [-0.2, -0.15) is 0 Å². The minimum Gasteiger partial charge on any atom is -0.341 e. The van der Waals surface area contributed by atoms with E-state index >= 15 is 0 Å². The number of rotatable bonds is 5. The molecule has 0 aromatic heterocycles. The first-order chi connectivity index (χ1) is 10.3. The first-order valence-electron chi connectivity index (χ1n) is 7.34. The first kappa shape index (κ1) is 16.9. The van der Waals surface area contributed by atoms with Gasteiger partial charge in [-0.1, -0.05) is 37.3 Å². The maximum absolute atomic E-state index is 12.5. The number of carbonyl (C=O) groups is 1. The fourth-order valence-corrected chi connectivity index (χ4v) is 3.56. The summed E-state index contributed by atoms with van der Waals surface area (Å²) < 4.78 is 25.1. The van der Waals surface area contributed by atoms with Crippen molar-refractivity contribution in [3.63, 3.8) is 0 Å². The van der Waals surface area contributed by atoms with E-state index in [1.807, 2.05) is 37.3 Å². The monoisotopic (exact) mass is 325 g/mol. The number of nitrogens with zero attached hydrogens (tertiary/aromatic N) is 1. The first-order valence-corrected chi connectivity index (χ1v) is 9.23. The topological polar surface area (TPSA) is 92.5 Å². The summed E-state index contributed by atoms with van der Waals surface area (Å²) in [7, 11) is -3.25. The van der Waals surface area contributed by atoms with Crippen LogP contribution in [0.15, 0.2) is 30.3 Å². The van der Waals surface area contributed by atoms with E-state index in [0.717, 1.165) is 11.8 Å². The van der Waals surface area contributed by atoms with Crippen LogP contribution in [0.4, 0.5) is 0 Å². The van der Waals surface area contributed by atoms with Crippen LogP contribution in [0.3, 0.4) is 0 Å². The van der Waals surface area contributed by atoms with Crippen molar-refractivity contribution in [2.24, 2.45) is 11.7 Å². The van der Waals surface area contributed by atoms with Gasteiger partial charge >= 0.3 is 0 Å². The Morgan fingerprint density at radius 1 is 1.36 bits per heavy atom. The van der Waals surface area contributed by atoms with Gasteiger partial charge in [0, 0.05) is 25.2 Å². The molecule has 2 rings (SSSR count). The normalized spacial score (nSPS) is 21.6. The highest BCUT2D eigenvalue weighted by molar-refractivity contribution is 7.88. The Morgan fingerprint density at radius 3 is 2.59 bits per heavy atom. The molecule has 0 radical (unpaired) electrons. The lowest BCUT2D eigenvalue weighted by Crippen LogP contribution is -2.41. The standard InChI is InChI=1S/C15H23N3O3S/c1-11(14(16)12-6-4-3-5-7-12)15(19)18-9-8-13(10-18)17-22(2,20)21/h3-7,11,13-14,17H,8-10,16H2,1-2H3. The number of carbonyl (C=O) groups excluding carboxylic acids is 1. The summed E-state index contributed by atoms with van der Waals surface area (Å²) in [4.78, 5) is 14.2. The van der Waals surface area contributed by atoms with Crippen LogP contribution in [0.25, 0.3) is 0 Å². The second-order valence-corrected chi connectivity index (χ2v) is 7.67. The van der Waals surface area contributed by atoms with Gasteiger partial charge in [-0.25, -0.2) is 13.1 Å². The zero-order valence-corrected chi connectivity index (χ0v) is 13.7. The molecule has 6 nitrogen and oxygen atoms in total. The molecule has 7 heteroatoms. The van der Waals surface area contributed by atoms with E-state index in [2.05, 4.69) is 4.72 Å². The Morgan fingerprint density at radius 2 is 2.00 bits per heavy atom. The average molecular weight is 325 g/mol. The molecule has 0 bridgehead atoms. The third-order valence-electron chi connectivity index (χ3n) is 3.99. The highest BCUT2D eigenvalue weighted by atomic mass is 32.2. The Hall–Kier alpha value is -1.44. The lowest BCUT2D eigenvalue weighted by atomic mass is 9.94. The Bertz CT molecular complexity index is 618. The Balaban J connectivity index is 1.97. The zero-order valence-electron chi connectivity index (χ0n) is 12.9. The minimum absolute atomic E-state index is 0.0332. The van der Waals surface area contributed by atoms with Crippen molar-refractivity contribution in [2.75, 3.05) is 19.3 Å². The zero-order chi connectivity index (χ0) is 16.3. The predicted molar refractivity (Wildman–Crippen MR) is 85.5 cm³/mol. The Labute approximate surface area is 131 Å². The van der Waals surface area contributed by atoms with Crippen molar-refractivity contribution in [3.8, 4) is 0 Å². The Kier molecular flexibility index (Phi) is 5.20. The van der Waals surface area contributed by atoms with Crippen LogP contribution in [0.2, 0.25) is 0 Å². The summed E-state index contributed by atoms with van der Waals surface area (Å²) >= 11 is 0. The van der Waals surface area contributed by atoms with Gasteiger partial charge in [-0.15, -0.1) is 0 Å². The fourth-order valence-electron chi connectivity index (χ4n) is 2.76. The number of benzene rings is 1. The van der Waals surface area contributed by atoms with E-state index in [1.165, 1.54) is 0 Å². The van der Waals surface area contributed by atoms with Crippen LogP contribution in [0.5, 0.6) is 0 Å². The van der Waals surface area contributed by atoms with Crippen LogP contribution < -0.4 is 10.5 Å². The molecule has 1 aromatic carbocycles. The summed E-state index contributed by atoms with van der Waals surface area (Å²) in [5, 5.41) is 0. The van der Waals surface area contributed by atoms with Crippen LogP contribution in [0.1, 0.15) is 24.9 Å². The van der Waals surface area contributed by atoms with Crippen LogP contribution in [0, 0.1) is 5.92 Å². The van der Waals surface area contributed by atoms with E-state index in [-0.39, 0.29) is 23.9 Å². The molecule has 1 aromatic rings. The molecule has 1 saturated heterocycles. The molecule has 3 N–H and O–H groups in total. The average Bonchev–Trinajstić information content (AvgIpc) is 2.92. The summed E-state index contributed by atoms with van der Waals surface area (Å²) in [6.45, 7) is 2.77. The van der Waals surface area contributed by atoms with Crippen molar-refractivity contribution in [2.45, 2.75) is 25.4 Å². The van der Waals surface area contributed by atoms with Crippen molar-refractivity contribution in [1.82, 2.24) is 9.62 Å². The largest absolute Gasteiger partial charge is 0.341 e. The number of hydrogen-bond acceptors (Lipinski definition) is 4. The van der Waals surface area contributed by atoms with E-state index in [4.69, 9.17) is 5.73 Å². The molecule has 122 valence electrons. The van der Waals surface area contributed by atoms with E-state index in [0.29, 0.717) is 19.5 Å². The molecular formula is C15H23N3O3S. The molecule has 3 atom stereocenters. The molecule has 1 heterocycles. The number of sulfonamides is 1. The molecule has 1 aliphatic rings. The molecule has 1 aliphatic heterocycles. The van der Waals surface area contributed by atoms with E-state index in [1.54, 1.807) is 4.90 Å². The van der Waals surface area contributed by atoms with Crippen molar-refractivity contribution in [1.29, 1.82) is 0 Å². The van der Waals surface area contributed by atoms with Crippen molar-refractivity contribution < 1.29 is 13.2 Å². The lowest BCUT2D eigenvalue weighted by molar-refractivity contribution is -0.134. The summed E-state index contributed by atoms with van der Waals surface area (Å²) in [6, 6.07) is 8.95. The van der Waals surface area contributed by atoms with Crippen LogP contribution >= 0.6 is 0 Å². The molecule has 0 aliphatic carbocycles. The molecular weight excluding hydrogens is 302 g/mol. The van der Waals surface area contributed by atoms with E-state index < -0.39 is 10.0 Å². The molecule has 1 fully saturated rings. The summed E-state index contributed by atoms with van der Waals surface area (Å²) in [6.07, 6.45) is 1.76. The van der Waals surface area contributed by atoms with Crippen LogP contribution in [-0.4, -0.2) is 44.6 Å². The van der Waals surface area contributed by atoms with Crippen molar-refractivity contribution >= 4 is 15.9 Å². The van der Waals surface area contributed by atoms with Gasteiger partial charge in [-0.05, 0) is 12.0 Å². The van der Waals surface area contributed by atoms with Gasteiger partial charge in [0.15, 0.2) is 0 Å². The molecule has 0 spiro atoms. The van der Waals surface area contributed by atoms with Crippen LogP contribution in [-0.2, 0) is 14.8 Å². The fraction of sp³-hybridized carbons (Fsp3) is 0.533. The molecule has 0 saturated carbocycles. The summed E-state index contributed by atoms with van der Waals surface area (Å²) in [5.41, 5.74) is 7.11. The number of hydrogen-bond donors (Lipinski definition) is 2. The molecule has 22 heavy (non-hydrogen) atoms. The van der Waals surface area contributed by atoms with Gasteiger partial charge in [0.25, 0.3) is 0 Å². The number of likely N-dealkylation sites (tertiary alicyclic amines) is 1. The molecule has 1 amide bonds. The smallest absolute Gasteiger partial charge is 0.227 e. The number of nitrogens with two attached hydrogens (primary N) is 1. The van der Waals surface area contributed by atoms with Gasteiger partial charge in [0.2, 0.25) is 15.9 Å². The highest BCUT2D eigenvalue weighted by Gasteiger charge is 2.32. The predicted octanol–water partition coefficient (Wildman–Crippen LogP) is 0.473. The highest BCUT2D eigenvalue weighted by Crippen LogP contribution is 2.23. The van der Waals surface area contributed by atoms with Gasteiger partial charge in [0.05, 0.1) is 12.2 Å². The number of nitrogens with one attached hydrogen (secondary N) is 1. The van der Waals surface area contributed by atoms with Gasteiger partial charge in [-0.3, -0.25) is 4.79 Å². The third kappa shape index (κ3) is 4.28. The SMILES string of the molecule is CC(C(=O)N1CCC(NS(C)(=O)=O)C1)C(N)c1ccccc1. The second-order valence-electron chi connectivity index (χ2n) is 5.89. The second kappa shape index (κ2) is 6.76. The van der Waals surface area contributed by atoms with Gasteiger partial charge in [0.1, 0.15) is 0 Å². The summed E-state index contributed by atoms with van der Waals surface area (Å²) in [5.74, 6) is -0.381. The van der Waals surface area contributed by atoms with Gasteiger partial charge < -0.3 is 10.6 Å². The van der Waals surface area contributed by atoms with Crippen molar-refractivity contribution in [3.05, 3.63) is 35.9 Å². The maximum Gasteiger partial charge on any atom is 0.227 e.